The summed E-state index contributed by atoms with van der Waals surface area (Å²) >= 11 is 0. The Kier molecular flexibility index (Phi) is 5.18. The zero-order valence-electron chi connectivity index (χ0n) is 13.9. The van der Waals surface area contributed by atoms with E-state index in [1.807, 2.05) is 0 Å². The Balaban J connectivity index is 1.77. The van der Waals surface area contributed by atoms with E-state index in [2.05, 4.69) is 15.0 Å². The predicted octanol–water partition coefficient (Wildman–Crippen LogP) is 1.32. The van der Waals surface area contributed by atoms with Gasteiger partial charge in [0.15, 0.2) is 5.82 Å². The average Bonchev–Trinajstić information content (AvgIpc) is 2.84. The molecule has 13 heteroatoms. The zero-order chi connectivity index (χ0) is 20.5. The van der Waals surface area contributed by atoms with Gasteiger partial charge in [0.05, 0.1) is 0 Å². The van der Waals surface area contributed by atoms with Crippen LogP contribution in [0.2, 0.25) is 0 Å². The van der Waals surface area contributed by atoms with Gasteiger partial charge in [-0.25, -0.2) is 13.4 Å². The molecular formula is C15H13F3N4O5S. The van der Waals surface area contributed by atoms with Gasteiger partial charge in [0.25, 0.3) is 5.91 Å². The number of anilines is 2. The molecule has 1 aliphatic heterocycles. The number of nitrogens with zero attached hydrogens (tertiary/aromatic N) is 2. The monoisotopic (exact) mass is 418 g/mol. The lowest BCUT2D eigenvalue weighted by atomic mass is 10.1. The van der Waals surface area contributed by atoms with Crippen molar-refractivity contribution in [2.24, 2.45) is 0 Å². The number of hydrogen-bond acceptors (Lipinski definition) is 7. The maximum absolute atomic E-state index is 14.4. The molecule has 0 bridgehead atoms. The molecule has 1 saturated heterocycles. The molecule has 0 radical (unpaired) electrons. The molecule has 1 aromatic heterocycles. The van der Waals surface area contributed by atoms with Gasteiger partial charge in [-0.3, -0.25) is 4.79 Å². The van der Waals surface area contributed by atoms with E-state index in [0.29, 0.717) is 4.31 Å². The molecule has 28 heavy (non-hydrogen) atoms. The third-order valence-electron chi connectivity index (χ3n) is 3.58. The number of aromatic nitrogens is 1. The maximum Gasteiger partial charge on any atom is 0.388 e. The number of carbonyl (C=O) groups excluding carboxylic acids is 1. The van der Waals surface area contributed by atoms with Crippen LogP contribution in [0, 0.1) is 5.82 Å². The fourth-order valence-electron chi connectivity index (χ4n) is 2.50. The molecule has 1 aliphatic rings. The molecule has 0 saturated carbocycles. The fraction of sp³-hybridized carbons (Fsp3) is 0.200. The molecule has 9 nitrogen and oxygen atoms in total. The number of halogens is 3. The van der Waals surface area contributed by atoms with Crippen molar-refractivity contribution in [3.8, 4) is 11.6 Å². The Hall–Kier alpha value is -3.22. The summed E-state index contributed by atoms with van der Waals surface area (Å²) in [6.45, 7) is -3.77. The number of phenolic OH excluding ortho intramolecular Hbond substituents is 1. The van der Waals surface area contributed by atoms with Gasteiger partial charge in [-0.1, -0.05) is 6.07 Å². The normalized spacial score (nSPS) is 15.6. The van der Waals surface area contributed by atoms with Gasteiger partial charge < -0.3 is 15.2 Å². The lowest BCUT2D eigenvalue weighted by molar-refractivity contribution is -0.117. The van der Waals surface area contributed by atoms with Crippen LogP contribution in [0.15, 0.2) is 30.3 Å². The molecule has 0 spiro atoms. The highest BCUT2D eigenvalue weighted by molar-refractivity contribution is 7.92. The molecule has 1 aromatic carbocycles. The molecule has 3 rings (SSSR count). The summed E-state index contributed by atoms with van der Waals surface area (Å²) in [6.07, 6.45) is 0. The SMILES string of the molecule is O=C1CN(c2c(O)cc(CNc3cccc(OC(F)F)n3)cc2F)S(=O)(=O)N1. The summed E-state index contributed by atoms with van der Waals surface area (Å²) in [5.74, 6) is -2.79. The van der Waals surface area contributed by atoms with Crippen molar-refractivity contribution in [3.05, 3.63) is 41.7 Å². The summed E-state index contributed by atoms with van der Waals surface area (Å²) in [4.78, 5) is 15.1. The predicted molar refractivity (Wildman–Crippen MR) is 90.7 cm³/mol. The Labute approximate surface area is 156 Å². The number of phenols is 1. The number of pyridine rings is 1. The van der Waals surface area contributed by atoms with Crippen LogP contribution < -0.4 is 19.1 Å². The molecule has 0 unspecified atom stereocenters. The van der Waals surface area contributed by atoms with Crippen LogP contribution in [-0.2, 0) is 21.5 Å². The number of hydrogen-bond donors (Lipinski definition) is 3. The van der Waals surface area contributed by atoms with Crippen LogP contribution in [0.25, 0.3) is 0 Å². The highest BCUT2D eigenvalue weighted by atomic mass is 32.2. The van der Waals surface area contributed by atoms with Gasteiger partial charge in [-0.2, -0.15) is 22.2 Å². The second-order valence-electron chi connectivity index (χ2n) is 5.58. The molecule has 150 valence electrons. The van der Waals surface area contributed by atoms with E-state index in [-0.39, 0.29) is 23.8 Å². The first-order valence-electron chi connectivity index (χ1n) is 7.66. The summed E-state index contributed by atoms with van der Waals surface area (Å²) < 4.78 is 68.7. The minimum absolute atomic E-state index is 0.0696. The molecule has 1 fully saturated rings. The first kappa shape index (κ1) is 19.5. The van der Waals surface area contributed by atoms with Gasteiger partial charge >= 0.3 is 16.8 Å². The minimum atomic E-state index is -4.28. The van der Waals surface area contributed by atoms with Crippen molar-refractivity contribution >= 4 is 27.6 Å². The first-order chi connectivity index (χ1) is 13.2. The van der Waals surface area contributed by atoms with E-state index in [4.69, 9.17) is 0 Å². The van der Waals surface area contributed by atoms with Crippen LogP contribution in [0.1, 0.15) is 5.56 Å². The van der Waals surface area contributed by atoms with Crippen LogP contribution in [0.3, 0.4) is 0 Å². The molecule has 1 amide bonds. The number of rotatable bonds is 6. The summed E-state index contributed by atoms with van der Waals surface area (Å²) in [5.41, 5.74) is -0.454. The number of nitrogens with one attached hydrogen (secondary N) is 2. The summed E-state index contributed by atoms with van der Waals surface area (Å²) in [5, 5.41) is 12.8. The number of amides is 1. The lowest BCUT2D eigenvalue weighted by Gasteiger charge is -2.18. The van der Waals surface area contributed by atoms with E-state index in [1.54, 1.807) is 4.72 Å². The third kappa shape index (κ3) is 4.19. The standard InChI is InChI=1S/C15H13F3N4O5S/c16-9-4-8(6-19-11-2-1-3-13(20-11)27-15(17)18)5-10(23)14(9)22-7-12(24)21-28(22,25)26/h1-5,15,23H,6-7H2,(H,19,20)(H,21,24). The van der Waals surface area contributed by atoms with Crippen LogP contribution in [0.4, 0.5) is 24.7 Å². The van der Waals surface area contributed by atoms with Crippen LogP contribution >= 0.6 is 0 Å². The van der Waals surface area contributed by atoms with Gasteiger partial charge in [0.2, 0.25) is 5.88 Å². The van der Waals surface area contributed by atoms with Gasteiger partial charge in [0.1, 0.15) is 23.8 Å². The molecular weight excluding hydrogens is 405 g/mol. The summed E-state index contributed by atoms with van der Waals surface area (Å²) in [6, 6.07) is 6.15. The Morgan fingerprint density at radius 3 is 2.71 bits per heavy atom. The van der Waals surface area contributed by atoms with Gasteiger partial charge in [-0.05, 0) is 23.8 Å². The van der Waals surface area contributed by atoms with Gasteiger partial charge in [-0.15, -0.1) is 0 Å². The van der Waals surface area contributed by atoms with E-state index >= 15 is 0 Å². The largest absolute Gasteiger partial charge is 0.506 e. The fourth-order valence-corrected chi connectivity index (χ4v) is 3.67. The smallest absolute Gasteiger partial charge is 0.388 e. The van der Waals surface area contributed by atoms with E-state index in [1.165, 1.54) is 18.2 Å². The van der Waals surface area contributed by atoms with Crippen molar-refractivity contribution in [2.45, 2.75) is 13.2 Å². The number of aromatic hydroxyl groups is 1. The van der Waals surface area contributed by atoms with Crippen LogP contribution in [0.5, 0.6) is 11.6 Å². The Morgan fingerprint density at radius 1 is 1.36 bits per heavy atom. The maximum atomic E-state index is 14.4. The number of benzene rings is 1. The van der Waals surface area contributed by atoms with E-state index in [9.17, 15) is 31.5 Å². The second kappa shape index (κ2) is 7.42. The lowest BCUT2D eigenvalue weighted by Crippen LogP contribution is -2.30. The zero-order valence-corrected chi connectivity index (χ0v) is 14.7. The van der Waals surface area contributed by atoms with Crippen molar-refractivity contribution < 1.29 is 36.2 Å². The van der Waals surface area contributed by atoms with E-state index in [0.717, 1.165) is 12.1 Å². The molecule has 0 atom stereocenters. The van der Waals surface area contributed by atoms with Crippen molar-refractivity contribution in [1.82, 2.24) is 9.71 Å². The van der Waals surface area contributed by atoms with Gasteiger partial charge in [0, 0.05) is 12.6 Å². The quantitative estimate of drug-likeness (QED) is 0.647. The number of carbonyl (C=O) groups is 1. The van der Waals surface area contributed by atoms with Crippen LogP contribution in [-0.4, -0.2) is 37.6 Å². The van der Waals surface area contributed by atoms with E-state index < -0.39 is 46.5 Å². The molecule has 0 aliphatic carbocycles. The topological polar surface area (TPSA) is 121 Å². The average molecular weight is 418 g/mol. The number of alkyl halides is 2. The Morgan fingerprint density at radius 2 is 2.11 bits per heavy atom. The second-order valence-corrected chi connectivity index (χ2v) is 7.17. The van der Waals surface area contributed by atoms with Crippen molar-refractivity contribution in [1.29, 1.82) is 0 Å². The highest BCUT2D eigenvalue weighted by Gasteiger charge is 2.37. The Bertz CT molecular complexity index is 995. The third-order valence-corrected chi connectivity index (χ3v) is 4.96. The van der Waals surface area contributed by atoms with Crippen molar-refractivity contribution in [3.63, 3.8) is 0 Å². The molecule has 2 aromatic rings. The van der Waals surface area contributed by atoms with Crippen molar-refractivity contribution in [2.75, 3.05) is 16.2 Å². The number of ether oxygens (including phenoxy) is 1. The molecule has 2 heterocycles. The molecule has 3 N–H and O–H groups in total. The minimum Gasteiger partial charge on any atom is -0.506 e. The first-order valence-corrected chi connectivity index (χ1v) is 9.10. The summed E-state index contributed by atoms with van der Waals surface area (Å²) in [7, 11) is -4.28. The highest BCUT2D eigenvalue weighted by Crippen LogP contribution is 2.34.